The normalized spacial score (nSPS) is 24.5. The Kier molecular flexibility index (Phi) is 5.00. The molecule has 0 unspecified atom stereocenters. The lowest BCUT2D eigenvalue weighted by molar-refractivity contribution is 0.0772. The van der Waals surface area contributed by atoms with E-state index in [-0.39, 0.29) is 35.8 Å². The molecule has 2 amide bonds. The number of fused-ring (bicyclic) bond motifs is 1. The molecule has 2 aromatic rings. The van der Waals surface area contributed by atoms with Crippen LogP contribution in [0.1, 0.15) is 44.2 Å². The molecule has 3 N–H and O–H groups in total. The zero-order valence-electron chi connectivity index (χ0n) is 16.0. The molecule has 1 aliphatic carbocycles. The molecule has 4 atom stereocenters. The summed E-state index contributed by atoms with van der Waals surface area (Å²) in [6.45, 7) is -0.711. The van der Waals surface area contributed by atoms with Gasteiger partial charge in [0.1, 0.15) is 18.5 Å². The second-order valence-electron chi connectivity index (χ2n) is 7.67. The highest BCUT2D eigenvalue weighted by Crippen LogP contribution is 2.45. The highest BCUT2D eigenvalue weighted by atomic mass is 19.1. The number of rotatable bonds is 6. The number of carbonyl (C=O) groups is 2. The number of aliphatic hydroxyl groups excluding tert-OH is 1. The molecule has 1 saturated carbocycles. The molecule has 7 heteroatoms. The minimum Gasteiger partial charge on any atom is -0.486 e. The van der Waals surface area contributed by atoms with Crippen molar-refractivity contribution in [2.24, 2.45) is 11.7 Å². The molecule has 0 saturated heterocycles. The van der Waals surface area contributed by atoms with Gasteiger partial charge < -0.3 is 20.5 Å². The van der Waals surface area contributed by atoms with Gasteiger partial charge in [-0.1, -0.05) is 30.3 Å². The molecule has 1 aliphatic heterocycles. The van der Waals surface area contributed by atoms with Gasteiger partial charge in [-0.25, -0.2) is 4.39 Å². The van der Waals surface area contributed by atoms with Crippen LogP contribution in [0.25, 0.3) is 0 Å². The first-order valence-electron chi connectivity index (χ1n) is 9.59. The fourth-order valence-corrected chi connectivity index (χ4v) is 4.17. The van der Waals surface area contributed by atoms with Crippen molar-refractivity contribution in [3.8, 4) is 5.75 Å². The van der Waals surface area contributed by atoms with E-state index in [4.69, 9.17) is 10.5 Å². The summed E-state index contributed by atoms with van der Waals surface area (Å²) in [7, 11) is 1.68. The summed E-state index contributed by atoms with van der Waals surface area (Å²) < 4.78 is 19.5. The monoisotopic (exact) mass is 398 g/mol. The number of amides is 2. The number of nitrogens with two attached hydrogens (primary N) is 1. The molecule has 0 radical (unpaired) electrons. The molecule has 1 fully saturated rings. The van der Waals surface area contributed by atoms with E-state index < -0.39 is 24.6 Å². The number of halogens is 1. The Hall–Kier alpha value is -2.93. The Labute approximate surface area is 168 Å². The smallest absolute Gasteiger partial charge is 0.253 e. The van der Waals surface area contributed by atoms with E-state index in [1.165, 1.54) is 6.07 Å². The maximum Gasteiger partial charge on any atom is 0.253 e. The van der Waals surface area contributed by atoms with E-state index in [0.29, 0.717) is 11.1 Å². The molecule has 0 spiro atoms. The summed E-state index contributed by atoms with van der Waals surface area (Å²) in [5, 5.41) is 9.29. The first-order chi connectivity index (χ1) is 14.0. The number of hydrogen-bond donors (Lipinski definition) is 2. The topological polar surface area (TPSA) is 92.9 Å². The summed E-state index contributed by atoms with van der Waals surface area (Å²) in [6.07, 6.45) is -0.0535. The summed E-state index contributed by atoms with van der Waals surface area (Å²) in [5.74, 6) is -1.13. The lowest BCUT2D eigenvalue weighted by Gasteiger charge is -2.19. The van der Waals surface area contributed by atoms with E-state index in [0.717, 1.165) is 12.0 Å². The third kappa shape index (κ3) is 3.35. The van der Waals surface area contributed by atoms with E-state index >= 15 is 0 Å². The number of aliphatic hydroxyl groups is 1. The fraction of sp³-hybridized carbons (Fsp3) is 0.364. The maximum atomic E-state index is 13.8. The molecule has 2 aliphatic rings. The van der Waals surface area contributed by atoms with Gasteiger partial charge >= 0.3 is 0 Å². The molecule has 152 valence electrons. The Morgan fingerprint density at radius 3 is 2.59 bits per heavy atom. The number of alkyl halides is 1. The highest BCUT2D eigenvalue weighted by Gasteiger charge is 2.43. The average molecular weight is 398 g/mol. The van der Waals surface area contributed by atoms with Crippen molar-refractivity contribution in [2.45, 2.75) is 24.5 Å². The zero-order chi connectivity index (χ0) is 20.7. The van der Waals surface area contributed by atoms with Crippen LogP contribution in [-0.2, 0) is 0 Å². The van der Waals surface area contributed by atoms with Crippen LogP contribution >= 0.6 is 0 Å². The first-order valence-corrected chi connectivity index (χ1v) is 9.59. The third-order valence-corrected chi connectivity index (χ3v) is 5.85. The largest absolute Gasteiger partial charge is 0.486 e. The van der Waals surface area contributed by atoms with Gasteiger partial charge in [0.15, 0.2) is 0 Å². The van der Waals surface area contributed by atoms with Crippen LogP contribution in [0.2, 0.25) is 0 Å². The van der Waals surface area contributed by atoms with Crippen LogP contribution < -0.4 is 10.5 Å². The predicted molar refractivity (Wildman–Crippen MR) is 105 cm³/mol. The van der Waals surface area contributed by atoms with Crippen LogP contribution in [0, 0.1) is 5.92 Å². The van der Waals surface area contributed by atoms with Crippen molar-refractivity contribution >= 4 is 11.8 Å². The lowest BCUT2D eigenvalue weighted by atomic mass is 9.86. The van der Waals surface area contributed by atoms with Gasteiger partial charge in [-0.3, -0.25) is 9.59 Å². The number of carbonyl (C=O) groups excluding carboxylic acids is 2. The van der Waals surface area contributed by atoms with Gasteiger partial charge in [-0.2, -0.15) is 0 Å². The second-order valence-corrected chi connectivity index (χ2v) is 7.67. The second kappa shape index (κ2) is 7.48. The maximum absolute atomic E-state index is 13.8. The number of ether oxygens (including phenoxy) is 1. The van der Waals surface area contributed by atoms with Crippen molar-refractivity contribution in [1.82, 2.24) is 4.90 Å². The molecular formula is C22H23FN2O4. The molecule has 0 bridgehead atoms. The van der Waals surface area contributed by atoms with Crippen molar-refractivity contribution in [1.29, 1.82) is 0 Å². The van der Waals surface area contributed by atoms with Crippen molar-refractivity contribution in [3.63, 3.8) is 0 Å². The highest BCUT2D eigenvalue weighted by molar-refractivity contribution is 6.02. The zero-order valence-corrected chi connectivity index (χ0v) is 16.0. The molecule has 1 heterocycles. The fourth-order valence-electron chi connectivity index (χ4n) is 4.17. The number of benzene rings is 2. The molecule has 6 nitrogen and oxygen atoms in total. The Bertz CT molecular complexity index is 949. The molecule has 4 rings (SSSR count). The van der Waals surface area contributed by atoms with Gasteiger partial charge in [0.05, 0.1) is 11.5 Å². The van der Waals surface area contributed by atoms with Gasteiger partial charge in [0.25, 0.3) is 11.8 Å². The summed E-state index contributed by atoms with van der Waals surface area (Å²) in [6, 6.07) is 12.4. The van der Waals surface area contributed by atoms with Crippen LogP contribution in [0.15, 0.2) is 42.5 Å². The van der Waals surface area contributed by atoms with Gasteiger partial charge in [0, 0.05) is 36.7 Å². The predicted octanol–water partition coefficient (Wildman–Crippen LogP) is 2.10. The molecule has 29 heavy (non-hydrogen) atoms. The first kappa shape index (κ1) is 19.4. The van der Waals surface area contributed by atoms with E-state index in [1.807, 2.05) is 30.3 Å². The summed E-state index contributed by atoms with van der Waals surface area (Å²) >= 11 is 0. The van der Waals surface area contributed by atoms with Crippen molar-refractivity contribution in [3.05, 3.63) is 64.7 Å². The average Bonchev–Trinajstić information content (AvgIpc) is 3.44. The number of nitrogens with zero attached hydrogens (tertiary/aromatic N) is 1. The number of primary amides is 1. The van der Waals surface area contributed by atoms with Crippen LogP contribution in [-0.4, -0.2) is 54.3 Å². The van der Waals surface area contributed by atoms with Crippen molar-refractivity contribution < 1.29 is 23.8 Å². The van der Waals surface area contributed by atoms with E-state index in [9.17, 15) is 19.1 Å². The Morgan fingerprint density at radius 2 is 2.00 bits per heavy atom. The van der Waals surface area contributed by atoms with Gasteiger partial charge in [0.2, 0.25) is 0 Å². The SMILES string of the molecule is CN(C(=O)c1cc(C(N)=O)c2c(c1)[C@H](c1ccccc1)[C@@H](CF)O2)[C@@H]1C[C@H]1CO. The lowest BCUT2D eigenvalue weighted by Crippen LogP contribution is -2.30. The van der Waals surface area contributed by atoms with Crippen LogP contribution in [0.5, 0.6) is 5.75 Å². The third-order valence-electron chi connectivity index (χ3n) is 5.85. The Balaban J connectivity index is 1.78. The van der Waals surface area contributed by atoms with E-state index in [2.05, 4.69) is 0 Å². The molecular weight excluding hydrogens is 375 g/mol. The van der Waals surface area contributed by atoms with Crippen LogP contribution in [0.3, 0.4) is 0 Å². The Morgan fingerprint density at radius 1 is 1.28 bits per heavy atom. The van der Waals surface area contributed by atoms with Gasteiger partial charge in [-0.05, 0) is 24.1 Å². The summed E-state index contributed by atoms with van der Waals surface area (Å²) in [5.41, 5.74) is 7.34. The van der Waals surface area contributed by atoms with Crippen molar-refractivity contribution in [2.75, 3.05) is 20.3 Å². The van der Waals surface area contributed by atoms with Gasteiger partial charge in [-0.15, -0.1) is 0 Å². The minimum atomic E-state index is -0.796. The van der Waals surface area contributed by atoms with Crippen LogP contribution in [0.4, 0.5) is 4.39 Å². The summed E-state index contributed by atoms with van der Waals surface area (Å²) in [4.78, 5) is 26.7. The minimum absolute atomic E-state index is 0.0289. The van der Waals surface area contributed by atoms with E-state index in [1.54, 1.807) is 18.0 Å². The molecule has 0 aromatic heterocycles. The number of hydrogen-bond acceptors (Lipinski definition) is 4. The molecule has 2 aromatic carbocycles. The quantitative estimate of drug-likeness (QED) is 0.779. The standard InChI is InChI=1S/C22H23FN2O4/c1-25(17-9-14(17)11-26)22(28)13-7-15-19(12-5-3-2-4-6-12)18(10-23)29-20(15)16(8-13)21(24)27/h2-8,14,17-19,26H,9-11H2,1H3,(H2,24,27)/t14-,17+,18+,19-/m0/s1.